The molecule has 0 bridgehead atoms. The van der Waals surface area contributed by atoms with Crippen LogP contribution in [-0.4, -0.2) is 5.91 Å². The highest BCUT2D eigenvalue weighted by atomic mass is 35.5. The molecule has 0 spiro atoms. The van der Waals surface area contributed by atoms with Crippen LogP contribution in [0.3, 0.4) is 0 Å². The fraction of sp³-hybridized carbons (Fsp3) is 0.0714. The summed E-state index contributed by atoms with van der Waals surface area (Å²) >= 11 is 23.7. The summed E-state index contributed by atoms with van der Waals surface area (Å²) in [5.41, 5.74) is 1.15. The van der Waals surface area contributed by atoms with Gasteiger partial charge in [-0.05, 0) is 23.8 Å². The van der Waals surface area contributed by atoms with E-state index in [1.54, 1.807) is 18.2 Å². The highest BCUT2D eigenvalue weighted by molar-refractivity contribution is 6.44. The molecule has 2 nitrogen and oxygen atoms in total. The number of anilines is 1. The van der Waals surface area contributed by atoms with E-state index in [2.05, 4.69) is 5.32 Å². The molecule has 0 fully saturated rings. The van der Waals surface area contributed by atoms with Gasteiger partial charge in [-0.2, -0.15) is 0 Å². The molecular weight excluding hydrogens is 340 g/mol. The summed E-state index contributed by atoms with van der Waals surface area (Å²) in [6.45, 7) is 0. The number of hydrogen-bond acceptors (Lipinski definition) is 1. The minimum absolute atomic E-state index is 0.149. The average Bonchev–Trinajstić information content (AvgIpc) is 2.39. The van der Waals surface area contributed by atoms with E-state index in [4.69, 9.17) is 46.4 Å². The van der Waals surface area contributed by atoms with Crippen LogP contribution >= 0.6 is 46.4 Å². The first-order valence-electron chi connectivity index (χ1n) is 5.65. The molecule has 1 amide bonds. The first-order valence-corrected chi connectivity index (χ1v) is 7.16. The lowest BCUT2D eigenvalue weighted by molar-refractivity contribution is -0.115. The van der Waals surface area contributed by atoms with Crippen LogP contribution < -0.4 is 5.32 Å². The summed E-state index contributed by atoms with van der Waals surface area (Å²) in [4.78, 5) is 12.0. The molecule has 0 saturated carbocycles. The summed E-state index contributed by atoms with van der Waals surface area (Å²) in [5, 5.41) is 4.21. The van der Waals surface area contributed by atoms with E-state index >= 15 is 0 Å². The van der Waals surface area contributed by atoms with Gasteiger partial charge < -0.3 is 5.32 Å². The largest absolute Gasteiger partial charge is 0.324 e. The molecule has 2 aromatic carbocycles. The molecule has 0 aliphatic rings. The van der Waals surface area contributed by atoms with Gasteiger partial charge in [0.2, 0.25) is 5.91 Å². The summed E-state index contributed by atoms with van der Waals surface area (Å²) < 4.78 is 0. The highest BCUT2D eigenvalue weighted by Gasteiger charge is 2.11. The number of benzene rings is 2. The number of carbonyl (C=O) groups excluding carboxylic acids is 1. The van der Waals surface area contributed by atoms with Crippen molar-refractivity contribution < 1.29 is 4.79 Å². The fourth-order valence-corrected chi connectivity index (χ4v) is 2.42. The predicted molar refractivity (Wildman–Crippen MR) is 85.3 cm³/mol. The van der Waals surface area contributed by atoms with Gasteiger partial charge in [0.15, 0.2) is 0 Å². The molecule has 2 aromatic rings. The van der Waals surface area contributed by atoms with Crippen molar-refractivity contribution in [1.82, 2.24) is 0 Å². The van der Waals surface area contributed by atoms with E-state index in [1.807, 2.05) is 6.07 Å². The topological polar surface area (TPSA) is 29.1 Å². The molecule has 0 aliphatic carbocycles. The van der Waals surface area contributed by atoms with Crippen LogP contribution in [0.4, 0.5) is 5.69 Å². The molecule has 0 saturated heterocycles. The van der Waals surface area contributed by atoms with E-state index in [0.717, 1.165) is 5.56 Å². The third-order valence-corrected chi connectivity index (χ3v) is 4.00. The normalized spacial score (nSPS) is 10.4. The van der Waals surface area contributed by atoms with Crippen molar-refractivity contribution in [2.45, 2.75) is 6.42 Å². The molecule has 20 heavy (non-hydrogen) atoms. The van der Waals surface area contributed by atoms with Gasteiger partial charge in [0.1, 0.15) is 0 Å². The SMILES string of the molecule is O=C(Cc1ccccc1Cl)Nc1cc(Cl)c(Cl)cc1Cl. The van der Waals surface area contributed by atoms with Crippen molar-refractivity contribution in [3.05, 3.63) is 62.1 Å². The molecule has 1 N–H and O–H groups in total. The number of halogens is 4. The maximum Gasteiger partial charge on any atom is 0.228 e. The first-order chi connectivity index (χ1) is 9.47. The van der Waals surface area contributed by atoms with Crippen LogP contribution in [0.1, 0.15) is 5.56 Å². The van der Waals surface area contributed by atoms with Gasteiger partial charge in [-0.25, -0.2) is 0 Å². The second-order valence-electron chi connectivity index (χ2n) is 4.06. The van der Waals surface area contributed by atoms with Gasteiger partial charge in [0.25, 0.3) is 0 Å². The molecule has 0 unspecified atom stereocenters. The predicted octanol–water partition coefficient (Wildman–Crippen LogP) is 5.48. The van der Waals surface area contributed by atoms with Crippen LogP contribution in [0, 0.1) is 0 Å². The smallest absolute Gasteiger partial charge is 0.228 e. The van der Waals surface area contributed by atoms with Crippen molar-refractivity contribution in [2.75, 3.05) is 5.32 Å². The number of nitrogens with one attached hydrogen (secondary N) is 1. The summed E-state index contributed by atoms with van der Waals surface area (Å²) in [6.07, 6.45) is 0.149. The Morgan fingerprint density at radius 3 is 2.25 bits per heavy atom. The third kappa shape index (κ3) is 3.80. The Hall–Kier alpha value is -0.930. The second kappa shape index (κ2) is 6.68. The number of rotatable bonds is 3. The average molecular weight is 349 g/mol. The molecule has 6 heteroatoms. The Labute approximate surface area is 136 Å². The van der Waals surface area contributed by atoms with Crippen molar-refractivity contribution in [3.8, 4) is 0 Å². The Morgan fingerprint density at radius 1 is 0.900 bits per heavy atom. The minimum Gasteiger partial charge on any atom is -0.324 e. The van der Waals surface area contributed by atoms with E-state index in [9.17, 15) is 4.79 Å². The lowest BCUT2D eigenvalue weighted by Crippen LogP contribution is -2.15. The lowest BCUT2D eigenvalue weighted by Gasteiger charge is -2.09. The van der Waals surface area contributed by atoms with Crippen LogP contribution in [0.15, 0.2) is 36.4 Å². The van der Waals surface area contributed by atoms with Gasteiger partial charge in [-0.1, -0.05) is 64.6 Å². The number of amides is 1. The standard InChI is InChI=1S/C14H9Cl4NO/c15-9-4-2-1-3-8(9)5-14(20)19-13-7-11(17)10(16)6-12(13)18/h1-4,6-7H,5H2,(H,19,20). The minimum atomic E-state index is -0.238. The summed E-state index contributed by atoms with van der Waals surface area (Å²) in [5.74, 6) is -0.238. The summed E-state index contributed by atoms with van der Waals surface area (Å²) in [7, 11) is 0. The van der Waals surface area contributed by atoms with Gasteiger partial charge in [0, 0.05) is 5.02 Å². The first kappa shape index (κ1) is 15.5. The monoisotopic (exact) mass is 347 g/mol. The van der Waals surface area contributed by atoms with E-state index in [0.29, 0.717) is 25.8 Å². The summed E-state index contributed by atoms with van der Waals surface area (Å²) in [6, 6.07) is 10.1. The van der Waals surface area contributed by atoms with Gasteiger partial charge in [-0.3, -0.25) is 4.79 Å². The fourth-order valence-electron chi connectivity index (χ4n) is 1.63. The van der Waals surface area contributed by atoms with Crippen LogP contribution in [0.2, 0.25) is 20.1 Å². The zero-order valence-corrected chi connectivity index (χ0v) is 13.1. The van der Waals surface area contributed by atoms with Gasteiger partial charge >= 0.3 is 0 Å². The molecule has 0 atom stereocenters. The molecule has 0 aliphatic heterocycles. The lowest BCUT2D eigenvalue weighted by atomic mass is 10.1. The van der Waals surface area contributed by atoms with Gasteiger partial charge in [-0.15, -0.1) is 0 Å². The van der Waals surface area contributed by atoms with Crippen molar-refractivity contribution in [1.29, 1.82) is 0 Å². The Balaban J connectivity index is 2.13. The zero-order valence-electron chi connectivity index (χ0n) is 10.1. The quantitative estimate of drug-likeness (QED) is 0.731. The molecule has 0 aromatic heterocycles. The number of carbonyl (C=O) groups is 1. The third-order valence-electron chi connectivity index (χ3n) is 2.59. The van der Waals surface area contributed by atoms with Crippen molar-refractivity contribution in [2.24, 2.45) is 0 Å². The van der Waals surface area contributed by atoms with Crippen LogP contribution in [-0.2, 0) is 11.2 Å². The molecular formula is C14H9Cl4NO. The molecule has 0 heterocycles. The van der Waals surface area contributed by atoms with Crippen LogP contribution in [0.5, 0.6) is 0 Å². The van der Waals surface area contributed by atoms with Crippen molar-refractivity contribution in [3.63, 3.8) is 0 Å². The Morgan fingerprint density at radius 2 is 1.55 bits per heavy atom. The maximum atomic E-state index is 12.0. The highest BCUT2D eigenvalue weighted by Crippen LogP contribution is 2.32. The maximum absolute atomic E-state index is 12.0. The Kier molecular flexibility index (Phi) is 5.17. The molecule has 2 rings (SSSR count). The van der Waals surface area contributed by atoms with Crippen molar-refractivity contribution >= 4 is 58.0 Å². The molecule has 104 valence electrons. The van der Waals surface area contributed by atoms with Crippen LogP contribution in [0.25, 0.3) is 0 Å². The number of hydrogen-bond donors (Lipinski definition) is 1. The molecule has 0 radical (unpaired) electrons. The van der Waals surface area contributed by atoms with Gasteiger partial charge in [0.05, 0.1) is 27.2 Å². The second-order valence-corrected chi connectivity index (χ2v) is 5.69. The zero-order chi connectivity index (χ0) is 14.7. The van der Waals surface area contributed by atoms with E-state index < -0.39 is 0 Å². The Bertz CT molecular complexity index is 658. The van der Waals surface area contributed by atoms with E-state index in [-0.39, 0.29) is 12.3 Å². The van der Waals surface area contributed by atoms with E-state index in [1.165, 1.54) is 12.1 Å².